The summed E-state index contributed by atoms with van der Waals surface area (Å²) in [6, 6.07) is 0. The van der Waals surface area contributed by atoms with Crippen molar-refractivity contribution in [3.63, 3.8) is 0 Å². The van der Waals surface area contributed by atoms with Gasteiger partial charge in [-0.1, -0.05) is 12.8 Å². The van der Waals surface area contributed by atoms with E-state index in [1.54, 1.807) is 0 Å². The Morgan fingerprint density at radius 3 is 2.08 bits per heavy atom. The van der Waals surface area contributed by atoms with Crippen molar-refractivity contribution in [3.05, 3.63) is 31.5 Å². The lowest BCUT2D eigenvalue weighted by Gasteiger charge is -2.08. The maximum atomic E-state index is 11.9. The van der Waals surface area contributed by atoms with Crippen molar-refractivity contribution in [1.82, 2.24) is 19.1 Å². The van der Waals surface area contributed by atoms with Gasteiger partial charge in [-0.2, -0.15) is 0 Å². The van der Waals surface area contributed by atoms with E-state index in [1.165, 1.54) is 14.1 Å². The van der Waals surface area contributed by atoms with E-state index in [-0.39, 0.29) is 12.3 Å². The average Bonchev–Trinajstić information content (AvgIpc) is 2.56. The van der Waals surface area contributed by atoms with Crippen molar-refractivity contribution < 1.29 is 9.00 Å². The number of nitrogens with zero attached hydrogens (tertiary/aromatic N) is 3. The van der Waals surface area contributed by atoms with E-state index in [9.17, 15) is 23.4 Å². The lowest BCUT2D eigenvalue weighted by atomic mass is 10.2. The molecule has 0 aliphatic carbocycles. The van der Waals surface area contributed by atoms with E-state index < -0.39 is 33.8 Å². The first-order valence-electron chi connectivity index (χ1n) is 7.51. The molecule has 136 valence electrons. The molecule has 24 heavy (non-hydrogen) atoms. The smallest absolute Gasteiger partial charge is 0.293 e. The highest BCUT2D eigenvalue weighted by atomic mass is 32.2. The molecule has 1 aromatic heterocycles. The first kappa shape index (κ1) is 20.0. The fourth-order valence-electron chi connectivity index (χ4n) is 2.17. The summed E-state index contributed by atoms with van der Waals surface area (Å²) in [6.45, 7) is 0.221. The van der Waals surface area contributed by atoms with Crippen LogP contribution in [0, 0.1) is 0 Å². The number of nitrogens with one attached hydrogen (secondary N) is 1. The minimum atomic E-state index is -1.25. The third kappa shape index (κ3) is 5.27. The molecule has 0 saturated heterocycles. The number of carbonyl (C=O) groups excluding carboxylic acids is 1. The standard InChI is InChI=1S/C13H23N5O5S/c1-16-11(20)17(2)13(22)18(12(16)21)7-5-3-4-6-8-24(23)9-10(19)15-14/h3-9,14H2,1-2H3,(H,15,19). The van der Waals surface area contributed by atoms with Crippen molar-refractivity contribution in [2.24, 2.45) is 19.9 Å². The lowest BCUT2D eigenvalue weighted by molar-refractivity contribution is -0.118. The second-order valence-corrected chi connectivity index (χ2v) is 6.96. The van der Waals surface area contributed by atoms with E-state index in [2.05, 4.69) is 0 Å². The molecule has 1 rings (SSSR count). The van der Waals surface area contributed by atoms with Gasteiger partial charge in [0.2, 0.25) is 5.91 Å². The number of nitrogens with two attached hydrogens (primary N) is 1. The predicted octanol–water partition coefficient (Wildman–Crippen LogP) is -2.46. The van der Waals surface area contributed by atoms with E-state index >= 15 is 0 Å². The molecule has 0 fully saturated rings. The maximum Gasteiger partial charge on any atom is 0.336 e. The molecule has 1 atom stereocenters. The molecule has 0 radical (unpaired) electrons. The van der Waals surface area contributed by atoms with Gasteiger partial charge < -0.3 is 0 Å². The Kier molecular flexibility index (Phi) is 7.79. The first-order valence-corrected chi connectivity index (χ1v) is 8.99. The van der Waals surface area contributed by atoms with Crippen LogP contribution in [-0.4, -0.2) is 35.3 Å². The van der Waals surface area contributed by atoms with Crippen molar-refractivity contribution >= 4 is 16.7 Å². The topological polar surface area (TPSA) is 138 Å². The highest BCUT2D eigenvalue weighted by Crippen LogP contribution is 2.02. The molecule has 1 aromatic rings. The van der Waals surface area contributed by atoms with Gasteiger partial charge in [0.05, 0.1) is 0 Å². The molecule has 10 nitrogen and oxygen atoms in total. The summed E-state index contributed by atoms with van der Waals surface area (Å²) in [5.41, 5.74) is 0.0247. The Hall–Kier alpha value is -2.01. The molecule has 1 unspecified atom stereocenters. The number of unbranched alkanes of at least 4 members (excludes halogenated alkanes) is 3. The monoisotopic (exact) mass is 361 g/mol. The van der Waals surface area contributed by atoms with Crippen molar-refractivity contribution in [3.8, 4) is 0 Å². The number of hydrazine groups is 1. The summed E-state index contributed by atoms with van der Waals surface area (Å²) in [5.74, 6) is 4.74. The Balaban J connectivity index is 2.44. The SMILES string of the molecule is Cn1c(=O)n(C)c(=O)n(CCCCCCS(=O)CC(=O)NN)c1=O. The van der Waals surface area contributed by atoms with Crippen LogP contribution in [0.15, 0.2) is 14.4 Å². The van der Waals surface area contributed by atoms with Crippen molar-refractivity contribution in [2.45, 2.75) is 32.2 Å². The second-order valence-electron chi connectivity index (χ2n) is 5.39. The Morgan fingerprint density at radius 2 is 1.54 bits per heavy atom. The number of carbonyl (C=O) groups is 1. The van der Waals surface area contributed by atoms with Crippen LogP contribution < -0.4 is 28.3 Å². The molecule has 0 bridgehead atoms. The fourth-order valence-corrected chi connectivity index (χ4v) is 3.22. The number of amides is 1. The van der Waals surface area contributed by atoms with Gasteiger partial charge in [0.1, 0.15) is 5.75 Å². The predicted molar refractivity (Wildman–Crippen MR) is 89.9 cm³/mol. The molecular weight excluding hydrogens is 338 g/mol. The molecular formula is C13H23N5O5S. The van der Waals surface area contributed by atoms with Crippen LogP contribution in [0.4, 0.5) is 0 Å². The van der Waals surface area contributed by atoms with Gasteiger partial charge in [0.15, 0.2) is 0 Å². The van der Waals surface area contributed by atoms with Crippen molar-refractivity contribution in [1.29, 1.82) is 0 Å². The highest BCUT2D eigenvalue weighted by Gasteiger charge is 2.10. The molecule has 0 aliphatic rings. The van der Waals surface area contributed by atoms with Gasteiger partial charge in [0, 0.05) is 37.2 Å². The summed E-state index contributed by atoms with van der Waals surface area (Å²) in [5, 5.41) is 0. The van der Waals surface area contributed by atoms with Gasteiger partial charge in [-0.3, -0.25) is 14.4 Å². The fraction of sp³-hybridized carbons (Fsp3) is 0.692. The summed E-state index contributed by atoms with van der Waals surface area (Å²) in [6.07, 6.45) is 2.75. The van der Waals surface area contributed by atoms with Gasteiger partial charge in [0.25, 0.3) is 0 Å². The molecule has 11 heteroatoms. The molecule has 1 amide bonds. The van der Waals surface area contributed by atoms with Crippen LogP contribution in [0.25, 0.3) is 0 Å². The normalized spacial score (nSPS) is 12.1. The molecule has 3 N–H and O–H groups in total. The zero-order valence-electron chi connectivity index (χ0n) is 13.8. The number of hydrogen-bond donors (Lipinski definition) is 2. The minimum Gasteiger partial charge on any atom is -0.293 e. The maximum absolute atomic E-state index is 11.9. The summed E-state index contributed by atoms with van der Waals surface area (Å²) in [7, 11) is 1.41. The van der Waals surface area contributed by atoms with Gasteiger partial charge in [-0.15, -0.1) is 0 Å². The molecule has 0 aliphatic heterocycles. The third-order valence-electron chi connectivity index (χ3n) is 3.57. The van der Waals surface area contributed by atoms with Gasteiger partial charge in [-0.05, 0) is 12.8 Å². The Morgan fingerprint density at radius 1 is 1.00 bits per heavy atom. The summed E-state index contributed by atoms with van der Waals surface area (Å²) in [4.78, 5) is 46.4. The average molecular weight is 361 g/mol. The zero-order chi connectivity index (χ0) is 18.3. The third-order valence-corrected chi connectivity index (χ3v) is 4.89. The lowest BCUT2D eigenvalue weighted by Crippen LogP contribution is -2.52. The van der Waals surface area contributed by atoms with E-state index in [1.807, 2.05) is 5.43 Å². The van der Waals surface area contributed by atoms with Gasteiger partial charge in [-0.25, -0.2) is 33.9 Å². The van der Waals surface area contributed by atoms with E-state index in [0.717, 1.165) is 26.5 Å². The molecule has 0 spiro atoms. The minimum absolute atomic E-state index is 0.111. The summed E-state index contributed by atoms with van der Waals surface area (Å²) >= 11 is 0. The Labute approximate surface area is 140 Å². The molecule has 1 heterocycles. The van der Waals surface area contributed by atoms with Crippen LogP contribution in [-0.2, 0) is 36.2 Å². The van der Waals surface area contributed by atoms with Crippen LogP contribution in [0.1, 0.15) is 25.7 Å². The van der Waals surface area contributed by atoms with Gasteiger partial charge >= 0.3 is 17.1 Å². The first-order chi connectivity index (χ1) is 11.3. The van der Waals surface area contributed by atoms with E-state index in [0.29, 0.717) is 18.6 Å². The second kappa shape index (κ2) is 9.33. The van der Waals surface area contributed by atoms with Crippen LogP contribution >= 0.6 is 0 Å². The number of rotatable bonds is 9. The molecule has 0 saturated carbocycles. The highest BCUT2D eigenvalue weighted by molar-refractivity contribution is 7.85. The largest absolute Gasteiger partial charge is 0.336 e. The zero-order valence-corrected chi connectivity index (χ0v) is 14.6. The number of hydrogen-bond acceptors (Lipinski definition) is 6. The van der Waals surface area contributed by atoms with Crippen LogP contribution in [0.2, 0.25) is 0 Å². The van der Waals surface area contributed by atoms with Crippen LogP contribution in [0.3, 0.4) is 0 Å². The van der Waals surface area contributed by atoms with Crippen molar-refractivity contribution in [2.75, 3.05) is 11.5 Å². The van der Waals surface area contributed by atoms with E-state index in [4.69, 9.17) is 5.84 Å². The summed E-state index contributed by atoms with van der Waals surface area (Å²) < 4.78 is 14.4. The number of aromatic nitrogens is 3. The quantitative estimate of drug-likeness (QED) is 0.217. The Bertz CT molecular complexity index is 738. The molecule has 0 aromatic carbocycles. The van der Waals surface area contributed by atoms with Crippen LogP contribution in [0.5, 0.6) is 0 Å².